The van der Waals surface area contributed by atoms with Gasteiger partial charge in [0.15, 0.2) is 6.29 Å². The number of carbonyl (C=O) groups is 1. The zero-order chi connectivity index (χ0) is 14.8. The van der Waals surface area contributed by atoms with Gasteiger partial charge in [-0.1, -0.05) is 12.2 Å². The highest BCUT2D eigenvalue weighted by Crippen LogP contribution is 2.15. The lowest BCUT2D eigenvalue weighted by molar-refractivity contribution is -0.127. The molecule has 1 amide bonds. The molecular formula is C15H25NO4. The Hall–Kier alpha value is -1.33. The standard InChI is InChI=1S/C15H25NO4/c1-4-18-13(3)20-12-8-10-14-9-6-7-11-16(14)15(17)19-5-2/h6-7,9,11,13-14H,4-5,8,10,12H2,1-3H3. The van der Waals surface area contributed by atoms with Gasteiger partial charge in [0.2, 0.25) is 0 Å². The molecule has 0 spiro atoms. The van der Waals surface area contributed by atoms with Crippen LogP contribution in [0.5, 0.6) is 0 Å². The van der Waals surface area contributed by atoms with Crippen molar-refractivity contribution in [1.82, 2.24) is 4.90 Å². The van der Waals surface area contributed by atoms with E-state index in [-0.39, 0.29) is 18.4 Å². The molecule has 0 bridgehead atoms. The Balaban J connectivity index is 2.31. The molecule has 0 radical (unpaired) electrons. The van der Waals surface area contributed by atoms with Crippen LogP contribution in [0, 0.1) is 0 Å². The Morgan fingerprint density at radius 3 is 2.75 bits per heavy atom. The van der Waals surface area contributed by atoms with E-state index < -0.39 is 0 Å². The normalized spacial score (nSPS) is 19.1. The lowest BCUT2D eigenvalue weighted by Crippen LogP contribution is -2.36. The fourth-order valence-corrected chi connectivity index (χ4v) is 1.99. The number of nitrogens with zero attached hydrogens (tertiary/aromatic N) is 1. The van der Waals surface area contributed by atoms with Crippen molar-refractivity contribution in [3.05, 3.63) is 24.4 Å². The number of rotatable bonds is 8. The fraction of sp³-hybridized carbons (Fsp3) is 0.667. The van der Waals surface area contributed by atoms with Gasteiger partial charge in [0.1, 0.15) is 0 Å². The van der Waals surface area contributed by atoms with Gasteiger partial charge in [-0.05, 0) is 39.7 Å². The Labute approximate surface area is 121 Å². The largest absolute Gasteiger partial charge is 0.449 e. The molecule has 2 atom stereocenters. The van der Waals surface area contributed by atoms with E-state index in [0.29, 0.717) is 19.8 Å². The van der Waals surface area contributed by atoms with Crippen molar-refractivity contribution in [2.24, 2.45) is 0 Å². The lowest BCUT2D eigenvalue weighted by atomic mass is 10.1. The van der Waals surface area contributed by atoms with Gasteiger partial charge in [-0.3, -0.25) is 4.90 Å². The Bertz CT molecular complexity index is 341. The predicted molar refractivity (Wildman–Crippen MR) is 77.2 cm³/mol. The van der Waals surface area contributed by atoms with E-state index in [4.69, 9.17) is 14.2 Å². The van der Waals surface area contributed by atoms with Crippen molar-refractivity contribution in [3.63, 3.8) is 0 Å². The SMILES string of the molecule is CCOC(=O)N1C=CC=CC1CCCOC(C)OCC. The molecule has 1 rings (SSSR count). The molecule has 5 nitrogen and oxygen atoms in total. The Kier molecular flexibility index (Phi) is 7.99. The van der Waals surface area contributed by atoms with Crippen LogP contribution in [0.3, 0.4) is 0 Å². The highest BCUT2D eigenvalue weighted by molar-refractivity contribution is 5.70. The van der Waals surface area contributed by atoms with Gasteiger partial charge >= 0.3 is 6.09 Å². The maximum absolute atomic E-state index is 11.8. The molecule has 0 saturated carbocycles. The molecule has 0 saturated heterocycles. The number of amides is 1. The first-order valence-electron chi connectivity index (χ1n) is 7.22. The number of allylic oxidation sites excluding steroid dienone is 2. The smallest absolute Gasteiger partial charge is 0.414 e. The van der Waals surface area contributed by atoms with E-state index in [9.17, 15) is 4.79 Å². The third kappa shape index (κ3) is 5.75. The van der Waals surface area contributed by atoms with Gasteiger partial charge in [0.25, 0.3) is 0 Å². The van der Waals surface area contributed by atoms with Gasteiger partial charge < -0.3 is 14.2 Å². The van der Waals surface area contributed by atoms with Crippen LogP contribution in [0.4, 0.5) is 4.79 Å². The molecule has 1 heterocycles. The van der Waals surface area contributed by atoms with Crippen LogP contribution in [0.1, 0.15) is 33.6 Å². The molecule has 5 heteroatoms. The van der Waals surface area contributed by atoms with Gasteiger partial charge in [0.05, 0.1) is 12.6 Å². The molecule has 0 fully saturated rings. The van der Waals surface area contributed by atoms with Crippen LogP contribution in [0.2, 0.25) is 0 Å². The van der Waals surface area contributed by atoms with Crippen LogP contribution < -0.4 is 0 Å². The molecule has 2 unspecified atom stereocenters. The molecule has 1 aliphatic rings. The Morgan fingerprint density at radius 2 is 2.05 bits per heavy atom. The van der Waals surface area contributed by atoms with Crippen LogP contribution in [0.25, 0.3) is 0 Å². The fourth-order valence-electron chi connectivity index (χ4n) is 1.99. The predicted octanol–water partition coefficient (Wildman–Crippen LogP) is 3.08. The quantitative estimate of drug-likeness (QED) is 0.507. The summed E-state index contributed by atoms with van der Waals surface area (Å²) in [6.07, 6.45) is 8.75. The van der Waals surface area contributed by atoms with Crippen molar-refractivity contribution < 1.29 is 19.0 Å². The van der Waals surface area contributed by atoms with E-state index in [1.54, 1.807) is 18.0 Å². The maximum atomic E-state index is 11.8. The summed E-state index contributed by atoms with van der Waals surface area (Å²) >= 11 is 0. The minimum atomic E-state index is -0.304. The maximum Gasteiger partial charge on any atom is 0.414 e. The Morgan fingerprint density at radius 1 is 1.25 bits per heavy atom. The number of hydrogen-bond acceptors (Lipinski definition) is 4. The first kappa shape index (κ1) is 16.7. The first-order chi connectivity index (χ1) is 9.69. The van der Waals surface area contributed by atoms with E-state index in [1.807, 2.05) is 32.1 Å². The molecule has 1 aliphatic heterocycles. The zero-order valence-electron chi connectivity index (χ0n) is 12.6. The molecule has 114 valence electrons. The monoisotopic (exact) mass is 283 g/mol. The second kappa shape index (κ2) is 9.55. The van der Waals surface area contributed by atoms with Crippen LogP contribution >= 0.6 is 0 Å². The van der Waals surface area contributed by atoms with Gasteiger partial charge in [-0.25, -0.2) is 4.79 Å². The third-order valence-corrected chi connectivity index (χ3v) is 2.93. The van der Waals surface area contributed by atoms with Gasteiger partial charge in [0, 0.05) is 19.4 Å². The average Bonchev–Trinajstić information content (AvgIpc) is 2.44. The second-order valence-corrected chi connectivity index (χ2v) is 4.44. The summed E-state index contributed by atoms with van der Waals surface area (Å²) < 4.78 is 15.8. The number of hydrogen-bond donors (Lipinski definition) is 0. The summed E-state index contributed by atoms with van der Waals surface area (Å²) in [5.74, 6) is 0. The van der Waals surface area contributed by atoms with E-state index in [0.717, 1.165) is 12.8 Å². The molecule has 0 aromatic rings. The van der Waals surface area contributed by atoms with Crippen molar-refractivity contribution >= 4 is 6.09 Å². The van der Waals surface area contributed by atoms with E-state index >= 15 is 0 Å². The van der Waals surface area contributed by atoms with Crippen molar-refractivity contribution in [2.45, 2.75) is 45.9 Å². The lowest BCUT2D eigenvalue weighted by Gasteiger charge is -2.27. The first-order valence-corrected chi connectivity index (χ1v) is 7.22. The summed E-state index contributed by atoms with van der Waals surface area (Å²) in [7, 11) is 0. The second-order valence-electron chi connectivity index (χ2n) is 4.44. The summed E-state index contributed by atoms with van der Waals surface area (Å²) in [6.45, 7) is 7.28. The molecule has 0 N–H and O–H groups in total. The summed E-state index contributed by atoms with van der Waals surface area (Å²) in [6, 6.07) is 0.0325. The van der Waals surface area contributed by atoms with Crippen molar-refractivity contribution in [2.75, 3.05) is 19.8 Å². The van der Waals surface area contributed by atoms with E-state index in [1.165, 1.54) is 0 Å². The summed E-state index contributed by atoms with van der Waals surface area (Å²) in [5.41, 5.74) is 0. The summed E-state index contributed by atoms with van der Waals surface area (Å²) in [4.78, 5) is 13.4. The zero-order valence-corrected chi connectivity index (χ0v) is 12.6. The van der Waals surface area contributed by atoms with E-state index in [2.05, 4.69) is 0 Å². The summed E-state index contributed by atoms with van der Waals surface area (Å²) in [5, 5.41) is 0. The molecule has 0 aromatic heterocycles. The third-order valence-electron chi connectivity index (χ3n) is 2.93. The molecule has 0 aromatic carbocycles. The number of ether oxygens (including phenoxy) is 3. The molecular weight excluding hydrogens is 258 g/mol. The minimum Gasteiger partial charge on any atom is -0.449 e. The van der Waals surface area contributed by atoms with Gasteiger partial charge in [-0.2, -0.15) is 0 Å². The van der Waals surface area contributed by atoms with Gasteiger partial charge in [-0.15, -0.1) is 0 Å². The minimum absolute atomic E-state index is 0.0325. The van der Waals surface area contributed by atoms with Crippen LogP contribution in [-0.4, -0.2) is 43.1 Å². The van der Waals surface area contributed by atoms with Crippen LogP contribution in [0.15, 0.2) is 24.4 Å². The molecule has 20 heavy (non-hydrogen) atoms. The van der Waals surface area contributed by atoms with Crippen LogP contribution in [-0.2, 0) is 14.2 Å². The highest BCUT2D eigenvalue weighted by atomic mass is 16.7. The average molecular weight is 283 g/mol. The van der Waals surface area contributed by atoms with Crippen molar-refractivity contribution in [3.8, 4) is 0 Å². The topological polar surface area (TPSA) is 48.0 Å². The number of carbonyl (C=O) groups excluding carboxylic acids is 1. The molecule has 0 aliphatic carbocycles. The van der Waals surface area contributed by atoms with Crippen molar-refractivity contribution in [1.29, 1.82) is 0 Å². The highest BCUT2D eigenvalue weighted by Gasteiger charge is 2.21.